The maximum absolute atomic E-state index is 12.9. The summed E-state index contributed by atoms with van der Waals surface area (Å²) in [6.07, 6.45) is 1.79. The molecule has 132 valence electrons. The van der Waals surface area contributed by atoms with Crippen molar-refractivity contribution >= 4 is 39.2 Å². The number of halogens is 5. The van der Waals surface area contributed by atoms with E-state index in [-0.39, 0.29) is 0 Å². The zero-order valence-corrected chi connectivity index (χ0v) is 15.1. The molecule has 1 aromatic carbocycles. The lowest BCUT2D eigenvalue weighted by molar-refractivity contribution is 0.0737. The van der Waals surface area contributed by atoms with E-state index in [1.165, 1.54) is 0 Å². The minimum atomic E-state index is -6.00. The summed E-state index contributed by atoms with van der Waals surface area (Å²) in [6.45, 7) is 2.74. The monoisotopic (exact) mass is 420 g/mol. The molecule has 4 nitrogen and oxygen atoms in total. The van der Waals surface area contributed by atoms with Gasteiger partial charge in [-0.1, -0.05) is 24.4 Å². The molecule has 1 atom stereocenters. The predicted octanol–water partition coefficient (Wildman–Crippen LogP) is 3.48. The first kappa shape index (κ1) is 20.4. The number of benzene rings is 1. The van der Waals surface area contributed by atoms with Crippen LogP contribution in [0.25, 0.3) is 0 Å². The molecule has 1 aromatic rings. The van der Waals surface area contributed by atoms with Gasteiger partial charge in [-0.25, -0.2) is 0 Å². The van der Waals surface area contributed by atoms with E-state index in [1.54, 1.807) is 6.26 Å². The zero-order valence-electron chi connectivity index (χ0n) is 12.7. The van der Waals surface area contributed by atoms with Crippen LogP contribution < -0.4 is 4.31 Å². The molecule has 0 saturated carbocycles. The zero-order chi connectivity index (χ0) is 17.7. The average molecular weight is 421 g/mol. The van der Waals surface area contributed by atoms with E-state index in [9.17, 15) is 21.5 Å². The van der Waals surface area contributed by atoms with Crippen LogP contribution in [-0.4, -0.2) is 51.2 Å². The molecule has 0 bridgehead atoms. The van der Waals surface area contributed by atoms with Crippen LogP contribution in [0, 0.1) is 0 Å². The Balaban J connectivity index is 0.000000463. The first-order valence-corrected chi connectivity index (χ1v) is 9.38. The molecule has 1 heterocycles. The molecular formula is C12H18BBrF4N2O2S. The molecule has 2 rings (SSSR count). The molecule has 0 amide bonds. The summed E-state index contributed by atoms with van der Waals surface area (Å²) >= 11 is 3.40. The van der Waals surface area contributed by atoms with Crippen LogP contribution in [0.2, 0.25) is 0 Å². The summed E-state index contributed by atoms with van der Waals surface area (Å²) in [7, 11) is -6.33. The molecule has 0 N–H and O–H groups in total. The molecule has 0 aliphatic carbocycles. The Morgan fingerprint density at radius 3 is 2.04 bits per heavy atom. The first-order valence-electron chi connectivity index (χ1n) is 6.70. The molecule has 1 unspecified atom stereocenters. The van der Waals surface area contributed by atoms with Crippen molar-refractivity contribution in [3.05, 3.63) is 28.7 Å². The van der Waals surface area contributed by atoms with Crippen molar-refractivity contribution in [2.24, 2.45) is 0 Å². The molecule has 1 fully saturated rings. The van der Waals surface area contributed by atoms with E-state index in [2.05, 4.69) is 15.9 Å². The van der Waals surface area contributed by atoms with E-state index in [4.69, 9.17) is 4.74 Å². The van der Waals surface area contributed by atoms with Gasteiger partial charge in [0, 0.05) is 4.47 Å². The highest BCUT2D eigenvalue weighted by Gasteiger charge is 2.38. The van der Waals surface area contributed by atoms with Gasteiger partial charge in [0.2, 0.25) is 0 Å². The van der Waals surface area contributed by atoms with Crippen molar-refractivity contribution in [3.8, 4) is 0 Å². The number of nitrogens with zero attached hydrogens (tertiary/aromatic N) is 2. The SMILES string of the molecule is CN(c1ccc(Br)cc1)[S+](C)(=O)N1CCOCC1.F[B-](F)(F)F. The van der Waals surface area contributed by atoms with Gasteiger partial charge < -0.3 is 22.0 Å². The Labute approximate surface area is 142 Å². The van der Waals surface area contributed by atoms with E-state index in [1.807, 2.05) is 39.9 Å². The molecule has 11 heteroatoms. The van der Waals surface area contributed by atoms with E-state index in [0.29, 0.717) is 13.2 Å². The van der Waals surface area contributed by atoms with Crippen molar-refractivity contribution in [2.75, 3.05) is 43.9 Å². The number of hydrogen-bond acceptors (Lipinski definition) is 2. The first-order chi connectivity index (χ1) is 10.5. The Hall–Kier alpha value is -0.645. The van der Waals surface area contributed by atoms with Crippen LogP contribution in [0.5, 0.6) is 0 Å². The van der Waals surface area contributed by atoms with Gasteiger partial charge in [0.1, 0.15) is 6.26 Å². The molecule has 0 aromatic heterocycles. The average Bonchev–Trinajstić information content (AvgIpc) is 2.46. The standard InChI is InChI=1S/C12H18BrN2O2S.BF4/c1-14(12-5-3-11(13)4-6-12)18(2,16)15-7-9-17-10-8-15;2-1(3,4)5/h3-6H,7-10H2,1-2H3;/q+1;-1. The second kappa shape index (κ2) is 8.45. The van der Waals surface area contributed by atoms with Gasteiger partial charge in [-0.3, -0.25) is 0 Å². The molecular weight excluding hydrogens is 403 g/mol. The number of hydrogen-bond donors (Lipinski definition) is 0. The van der Waals surface area contributed by atoms with Crippen LogP contribution in [0.4, 0.5) is 23.0 Å². The van der Waals surface area contributed by atoms with Gasteiger partial charge in [0.15, 0.2) is 0 Å². The highest BCUT2D eigenvalue weighted by Crippen LogP contribution is 2.24. The fraction of sp³-hybridized carbons (Fsp3) is 0.500. The lowest BCUT2D eigenvalue weighted by Crippen LogP contribution is -2.51. The quantitative estimate of drug-likeness (QED) is 0.426. The summed E-state index contributed by atoms with van der Waals surface area (Å²) in [6, 6.07) is 7.85. The fourth-order valence-electron chi connectivity index (χ4n) is 1.91. The minimum absolute atomic E-state index is 0.652. The third-order valence-corrected chi connectivity index (χ3v) is 6.23. The van der Waals surface area contributed by atoms with Crippen LogP contribution in [0.1, 0.15) is 0 Å². The van der Waals surface area contributed by atoms with E-state index < -0.39 is 17.6 Å². The summed E-state index contributed by atoms with van der Waals surface area (Å²) < 4.78 is 62.1. The van der Waals surface area contributed by atoms with Crippen LogP contribution in [0.3, 0.4) is 0 Å². The minimum Gasteiger partial charge on any atom is -0.418 e. The number of morpholine rings is 1. The summed E-state index contributed by atoms with van der Waals surface area (Å²) in [5, 5.41) is 0. The molecule has 1 saturated heterocycles. The summed E-state index contributed by atoms with van der Waals surface area (Å²) in [4.78, 5) is 0. The Bertz CT molecular complexity index is 535. The second-order valence-electron chi connectivity index (χ2n) is 4.77. The highest BCUT2D eigenvalue weighted by molar-refractivity contribution is 9.10. The van der Waals surface area contributed by atoms with Gasteiger partial charge >= 0.3 is 7.25 Å². The van der Waals surface area contributed by atoms with Gasteiger partial charge in [-0.05, 0) is 24.3 Å². The largest absolute Gasteiger partial charge is 0.673 e. The third kappa shape index (κ3) is 7.19. The molecule has 0 spiro atoms. The van der Waals surface area contributed by atoms with Crippen molar-refractivity contribution in [3.63, 3.8) is 0 Å². The van der Waals surface area contributed by atoms with Crippen molar-refractivity contribution in [1.82, 2.24) is 4.31 Å². The lowest BCUT2D eigenvalue weighted by Gasteiger charge is -2.31. The summed E-state index contributed by atoms with van der Waals surface area (Å²) in [5.41, 5.74) is 0.956. The van der Waals surface area contributed by atoms with Gasteiger partial charge in [0.05, 0.1) is 39.0 Å². The number of rotatable bonds is 3. The van der Waals surface area contributed by atoms with Crippen LogP contribution >= 0.6 is 15.9 Å². The van der Waals surface area contributed by atoms with Crippen LogP contribution in [-0.2, 0) is 19.3 Å². The van der Waals surface area contributed by atoms with Crippen molar-refractivity contribution < 1.29 is 26.2 Å². The van der Waals surface area contributed by atoms with E-state index in [0.717, 1.165) is 23.2 Å². The van der Waals surface area contributed by atoms with Crippen LogP contribution in [0.15, 0.2) is 28.7 Å². The smallest absolute Gasteiger partial charge is 0.418 e. The number of ether oxygens (including phenoxy) is 1. The van der Waals surface area contributed by atoms with Crippen molar-refractivity contribution in [1.29, 1.82) is 0 Å². The molecule has 1 aliphatic rings. The van der Waals surface area contributed by atoms with Crippen molar-refractivity contribution in [2.45, 2.75) is 0 Å². The highest BCUT2D eigenvalue weighted by atomic mass is 79.9. The molecule has 23 heavy (non-hydrogen) atoms. The topological polar surface area (TPSA) is 32.8 Å². The van der Waals surface area contributed by atoms with Gasteiger partial charge in [-0.2, -0.15) is 4.31 Å². The number of anilines is 1. The van der Waals surface area contributed by atoms with Gasteiger partial charge in [0.25, 0.3) is 10.3 Å². The molecule has 1 aliphatic heterocycles. The summed E-state index contributed by atoms with van der Waals surface area (Å²) in [5.74, 6) is 0. The maximum atomic E-state index is 12.9. The third-order valence-electron chi connectivity index (χ3n) is 3.15. The Kier molecular flexibility index (Phi) is 7.50. The molecule has 0 radical (unpaired) electrons. The lowest BCUT2D eigenvalue weighted by atomic mass is 10.3. The fourth-order valence-corrected chi connectivity index (χ4v) is 3.86. The normalized spacial score (nSPS) is 18.6. The van der Waals surface area contributed by atoms with E-state index >= 15 is 0 Å². The second-order valence-corrected chi connectivity index (χ2v) is 8.28. The Morgan fingerprint density at radius 2 is 1.61 bits per heavy atom. The Morgan fingerprint density at radius 1 is 1.17 bits per heavy atom. The predicted molar refractivity (Wildman–Crippen MR) is 89.1 cm³/mol. The maximum Gasteiger partial charge on any atom is 0.673 e. The van der Waals surface area contributed by atoms with Gasteiger partial charge in [-0.15, -0.1) is 0 Å².